The van der Waals surface area contributed by atoms with Crippen molar-refractivity contribution < 1.29 is 20.1 Å². The Kier molecular flexibility index (Phi) is 3.42. The van der Waals surface area contributed by atoms with Crippen LogP contribution in [0.5, 0.6) is 0 Å². The van der Waals surface area contributed by atoms with E-state index in [4.69, 9.17) is 0 Å². The lowest BCUT2D eigenvalue weighted by atomic mass is 9.40. The van der Waals surface area contributed by atoms with Gasteiger partial charge in [-0.15, -0.1) is 0 Å². The predicted octanol–water partition coefficient (Wildman–Crippen LogP) is 2.29. The molecule has 0 radical (unpaired) electrons. The Hall–Kier alpha value is -0.450. The number of hydrogen-bond donors (Lipinski definition) is 3. The molecule has 24 heavy (non-hydrogen) atoms. The van der Waals surface area contributed by atoms with Gasteiger partial charge in [0.2, 0.25) is 0 Å². The van der Waals surface area contributed by atoms with E-state index in [-0.39, 0.29) is 34.6 Å². The van der Waals surface area contributed by atoms with E-state index >= 15 is 0 Å². The third-order valence-corrected chi connectivity index (χ3v) is 8.87. The van der Waals surface area contributed by atoms with Crippen LogP contribution >= 0.6 is 0 Å². The monoisotopic (exact) mass is 336 g/mol. The summed E-state index contributed by atoms with van der Waals surface area (Å²) in [4.78, 5) is 12.6. The molecule has 0 saturated heterocycles. The van der Waals surface area contributed by atoms with E-state index in [0.717, 1.165) is 32.1 Å². The van der Waals surface area contributed by atoms with Crippen molar-refractivity contribution in [2.75, 3.05) is 6.61 Å². The van der Waals surface area contributed by atoms with Crippen LogP contribution in [0, 0.1) is 34.0 Å². The van der Waals surface area contributed by atoms with Crippen LogP contribution in [0.1, 0.15) is 65.7 Å². The summed E-state index contributed by atoms with van der Waals surface area (Å²) in [5.41, 5.74) is -1.33. The first-order chi connectivity index (χ1) is 11.1. The van der Waals surface area contributed by atoms with Crippen LogP contribution < -0.4 is 0 Å². The Morgan fingerprint density at radius 1 is 1.12 bits per heavy atom. The van der Waals surface area contributed by atoms with E-state index in [1.54, 1.807) is 0 Å². The minimum absolute atomic E-state index is 0.00617. The maximum atomic E-state index is 12.6. The molecule has 0 amide bonds. The molecule has 0 aromatic heterocycles. The van der Waals surface area contributed by atoms with Crippen molar-refractivity contribution in [1.29, 1.82) is 0 Å². The number of ketones is 1. The van der Waals surface area contributed by atoms with Gasteiger partial charge in [0.1, 0.15) is 6.10 Å². The highest BCUT2D eigenvalue weighted by molar-refractivity contribution is 5.85. The van der Waals surface area contributed by atoms with E-state index in [2.05, 4.69) is 20.8 Å². The molecule has 4 nitrogen and oxygen atoms in total. The molecule has 0 aromatic rings. The second kappa shape index (κ2) is 4.83. The van der Waals surface area contributed by atoms with Gasteiger partial charge in [0.15, 0.2) is 5.78 Å². The van der Waals surface area contributed by atoms with E-state index in [9.17, 15) is 20.1 Å². The number of carbonyl (C=O) groups excluding carboxylic acids is 1. The molecular weight excluding hydrogens is 304 g/mol. The first kappa shape index (κ1) is 17.0. The average Bonchev–Trinajstić information content (AvgIpc) is 2.72. The molecule has 4 fully saturated rings. The van der Waals surface area contributed by atoms with Gasteiger partial charge in [0.05, 0.1) is 12.2 Å². The third-order valence-electron chi connectivity index (χ3n) is 8.87. The molecule has 4 unspecified atom stereocenters. The van der Waals surface area contributed by atoms with Gasteiger partial charge in [-0.3, -0.25) is 4.79 Å². The van der Waals surface area contributed by atoms with Crippen LogP contribution in [-0.4, -0.2) is 39.4 Å². The van der Waals surface area contributed by atoms with E-state index < -0.39 is 11.7 Å². The van der Waals surface area contributed by atoms with Crippen LogP contribution in [0.2, 0.25) is 0 Å². The molecule has 0 aromatic carbocycles. The minimum atomic E-state index is -0.925. The van der Waals surface area contributed by atoms with Gasteiger partial charge < -0.3 is 15.3 Å². The summed E-state index contributed by atoms with van der Waals surface area (Å²) in [5, 5.41) is 31.2. The van der Waals surface area contributed by atoms with Gasteiger partial charge >= 0.3 is 0 Å². The van der Waals surface area contributed by atoms with Crippen molar-refractivity contribution in [2.45, 2.75) is 77.4 Å². The Labute approximate surface area is 144 Å². The van der Waals surface area contributed by atoms with Crippen molar-refractivity contribution in [3.63, 3.8) is 0 Å². The van der Waals surface area contributed by atoms with Gasteiger partial charge in [-0.2, -0.15) is 0 Å². The molecule has 136 valence electrons. The second-order valence-electron chi connectivity index (χ2n) is 10.3. The molecule has 4 rings (SSSR count). The molecule has 4 heteroatoms. The quantitative estimate of drug-likeness (QED) is 0.686. The lowest BCUT2D eigenvalue weighted by Gasteiger charge is -2.64. The van der Waals surface area contributed by atoms with E-state index in [1.807, 2.05) is 0 Å². The van der Waals surface area contributed by atoms with Gasteiger partial charge in [-0.25, -0.2) is 0 Å². The summed E-state index contributed by atoms with van der Waals surface area (Å²) in [6.07, 6.45) is 5.36. The first-order valence-electron chi connectivity index (χ1n) is 9.63. The Morgan fingerprint density at radius 2 is 1.83 bits per heavy atom. The SMILES string of the molecule is CC1(C)C2CCC34CC(CCC3[C@]2(C)CC(=O)[C@H]1O)[C@](O)(CO)C4. The number of hydrogen-bond acceptors (Lipinski definition) is 4. The number of rotatable bonds is 1. The third kappa shape index (κ3) is 1.88. The fourth-order valence-electron chi connectivity index (χ4n) is 7.95. The zero-order chi connectivity index (χ0) is 17.5. The lowest BCUT2D eigenvalue weighted by molar-refractivity contribution is -0.186. The number of Topliss-reactive ketones (excluding diaryl/α,β-unsaturated/α-hetero) is 1. The van der Waals surface area contributed by atoms with Crippen LogP contribution in [0.3, 0.4) is 0 Å². The highest BCUT2D eigenvalue weighted by Gasteiger charge is 2.68. The lowest BCUT2D eigenvalue weighted by Crippen LogP contribution is -2.62. The number of carbonyl (C=O) groups is 1. The fraction of sp³-hybridized carbons (Fsp3) is 0.950. The molecule has 4 saturated carbocycles. The summed E-state index contributed by atoms with van der Waals surface area (Å²) < 4.78 is 0. The van der Waals surface area contributed by atoms with E-state index in [0.29, 0.717) is 24.7 Å². The van der Waals surface area contributed by atoms with Crippen LogP contribution in [0.4, 0.5) is 0 Å². The molecule has 4 aliphatic rings. The van der Waals surface area contributed by atoms with Crippen molar-refractivity contribution in [2.24, 2.45) is 34.0 Å². The number of aliphatic hydroxyl groups is 3. The van der Waals surface area contributed by atoms with E-state index in [1.165, 1.54) is 0 Å². The molecule has 3 N–H and O–H groups in total. The average molecular weight is 336 g/mol. The summed E-state index contributed by atoms with van der Waals surface area (Å²) in [7, 11) is 0. The molecule has 7 atom stereocenters. The largest absolute Gasteiger partial charge is 0.393 e. The molecule has 1 spiro atoms. The maximum absolute atomic E-state index is 12.6. The normalized spacial score (nSPS) is 55.8. The summed E-state index contributed by atoms with van der Waals surface area (Å²) in [6, 6.07) is 0. The van der Waals surface area contributed by atoms with Gasteiger partial charge in [-0.05, 0) is 67.1 Å². The number of fused-ring (bicyclic) bond motifs is 3. The zero-order valence-corrected chi connectivity index (χ0v) is 15.2. The maximum Gasteiger partial charge on any atom is 0.162 e. The van der Waals surface area contributed by atoms with Crippen molar-refractivity contribution in [3.8, 4) is 0 Å². The molecule has 2 bridgehead atoms. The van der Waals surface area contributed by atoms with Gasteiger partial charge in [-0.1, -0.05) is 20.8 Å². The summed E-state index contributed by atoms with van der Waals surface area (Å²) in [5.74, 6) is 0.953. The predicted molar refractivity (Wildman–Crippen MR) is 90.2 cm³/mol. The molecule has 0 aliphatic heterocycles. The minimum Gasteiger partial charge on any atom is -0.393 e. The summed E-state index contributed by atoms with van der Waals surface area (Å²) >= 11 is 0. The Morgan fingerprint density at radius 3 is 2.50 bits per heavy atom. The molecule has 0 heterocycles. The van der Waals surface area contributed by atoms with Gasteiger partial charge in [0, 0.05) is 11.8 Å². The van der Waals surface area contributed by atoms with Crippen LogP contribution in [0.25, 0.3) is 0 Å². The van der Waals surface area contributed by atoms with Crippen molar-refractivity contribution >= 4 is 5.78 Å². The van der Waals surface area contributed by atoms with Gasteiger partial charge in [0.25, 0.3) is 0 Å². The zero-order valence-electron chi connectivity index (χ0n) is 15.2. The molecular formula is C20H32O4. The number of aliphatic hydroxyl groups excluding tert-OH is 2. The topological polar surface area (TPSA) is 77.8 Å². The van der Waals surface area contributed by atoms with Crippen molar-refractivity contribution in [3.05, 3.63) is 0 Å². The standard InChI is InChI=1S/C20H32O4/c1-17(2)14-6-7-19-8-12(20(24,10-19)11-21)4-5-15(19)18(14,3)9-13(22)16(17)23/h12,14-16,21,23-24H,4-11H2,1-3H3/t12?,14?,15?,16-,18-,19?,20-/m1/s1. The highest BCUT2D eigenvalue weighted by atomic mass is 16.3. The Balaban J connectivity index is 1.75. The molecule has 4 aliphatic carbocycles. The van der Waals surface area contributed by atoms with Crippen LogP contribution in [0.15, 0.2) is 0 Å². The fourth-order valence-corrected chi connectivity index (χ4v) is 7.95. The smallest absolute Gasteiger partial charge is 0.162 e. The highest BCUT2D eigenvalue weighted by Crippen LogP contribution is 2.72. The second-order valence-corrected chi connectivity index (χ2v) is 10.3. The Bertz CT molecular complexity index is 572. The summed E-state index contributed by atoms with van der Waals surface area (Å²) in [6.45, 7) is 6.24. The van der Waals surface area contributed by atoms with Crippen molar-refractivity contribution in [1.82, 2.24) is 0 Å². The van der Waals surface area contributed by atoms with Crippen LogP contribution in [-0.2, 0) is 4.79 Å². The first-order valence-corrected chi connectivity index (χ1v) is 9.63.